The van der Waals surface area contributed by atoms with E-state index in [-0.39, 0.29) is 12.4 Å². The Morgan fingerprint density at radius 3 is 2.61 bits per heavy atom. The maximum Gasteiger partial charge on any atom is 0.325 e. The lowest BCUT2D eigenvalue weighted by atomic mass is 9.92. The van der Waals surface area contributed by atoms with Crippen LogP contribution in [0.15, 0.2) is 57.4 Å². The quantitative estimate of drug-likeness (QED) is 0.591. The van der Waals surface area contributed by atoms with Gasteiger partial charge in [0.1, 0.15) is 12.1 Å². The fourth-order valence-corrected chi connectivity index (χ4v) is 3.87. The van der Waals surface area contributed by atoms with Crippen molar-refractivity contribution in [2.45, 2.75) is 19.0 Å². The topological polar surface area (TPSA) is 88.3 Å². The minimum atomic E-state index is -1.26. The zero-order chi connectivity index (χ0) is 19.9. The van der Waals surface area contributed by atoms with Gasteiger partial charge in [-0.05, 0) is 41.1 Å². The Kier molecular flexibility index (Phi) is 4.68. The first-order valence-corrected chi connectivity index (χ1v) is 9.53. The summed E-state index contributed by atoms with van der Waals surface area (Å²) < 4.78 is 6.45. The summed E-state index contributed by atoms with van der Waals surface area (Å²) in [6.07, 6.45) is 0. The molecule has 7 nitrogen and oxygen atoms in total. The van der Waals surface area contributed by atoms with E-state index in [0.717, 1.165) is 14.9 Å². The molecule has 3 aromatic rings. The molecule has 1 N–H and O–H groups in total. The number of halogens is 2. The molecule has 9 heteroatoms. The van der Waals surface area contributed by atoms with Crippen LogP contribution in [0.3, 0.4) is 0 Å². The minimum Gasteiger partial charge on any atom is -0.419 e. The van der Waals surface area contributed by atoms with Crippen LogP contribution in [0, 0.1) is 0 Å². The molecule has 0 bridgehead atoms. The van der Waals surface area contributed by atoms with Gasteiger partial charge in [-0.25, -0.2) is 4.79 Å². The number of hydrogen-bond acceptors (Lipinski definition) is 5. The van der Waals surface area contributed by atoms with Crippen LogP contribution in [0.5, 0.6) is 0 Å². The van der Waals surface area contributed by atoms with Crippen molar-refractivity contribution in [2.75, 3.05) is 0 Å². The molecule has 1 saturated heterocycles. The van der Waals surface area contributed by atoms with Crippen LogP contribution >= 0.6 is 27.5 Å². The molecule has 0 spiro atoms. The number of nitrogens with zero attached hydrogens (tertiary/aromatic N) is 3. The normalized spacial score (nSPS) is 19.2. The molecule has 1 aliphatic rings. The van der Waals surface area contributed by atoms with Gasteiger partial charge >= 0.3 is 6.03 Å². The predicted octanol–water partition coefficient (Wildman–Crippen LogP) is 4.12. The highest BCUT2D eigenvalue weighted by molar-refractivity contribution is 9.10. The molecule has 0 aliphatic carbocycles. The van der Waals surface area contributed by atoms with Gasteiger partial charge in [-0.1, -0.05) is 41.9 Å². The molecule has 1 aliphatic heterocycles. The fraction of sp³-hybridized carbons (Fsp3) is 0.158. The summed E-state index contributed by atoms with van der Waals surface area (Å²) in [5.74, 6) is 0.00676. The third-order valence-corrected chi connectivity index (χ3v) is 5.57. The Labute approximate surface area is 173 Å². The fourth-order valence-electron chi connectivity index (χ4n) is 3.09. The van der Waals surface area contributed by atoms with Crippen molar-refractivity contribution < 1.29 is 14.0 Å². The smallest absolute Gasteiger partial charge is 0.325 e. The summed E-state index contributed by atoms with van der Waals surface area (Å²) in [6.45, 7) is 1.48. The van der Waals surface area contributed by atoms with Gasteiger partial charge in [-0.15, -0.1) is 10.2 Å². The van der Waals surface area contributed by atoms with Crippen LogP contribution in [-0.2, 0) is 16.9 Å². The summed E-state index contributed by atoms with van der Waals surface area (Å²) in [5, 5.41) is 11.1. The third kappa shape index (κ3) is 3.08. The lowest BCUT2D eigenvalue weighted by molar-refractivity contribution is -0.131. The second-order valence-corrected chi connectivity index (χ2v) is 7.67. The van der Waals surface area contributed by atoms with Crippen molar-refractivity contribution in [1.29, 1.82) is 0 Å². The number of amides is 3. The van der Waals surface area contributed by atoms with E-state index in [2.05, 4.69) is 31.4 Å². The molecule has 142 valence electrons. The number of rotatable bonds is 4. The monoisotopic (exact) mass is 460 g/mol. The van der Waals surface area contributed by atoms with Crippen molar-refractivity contribution in [3.05, 3.63) is 69.5 Å². The first-order chi connectivity index (χ1) is 13.4. The maximum absolute atomic E-state index is 13.0. The van der Waals surface area contributed by atoms with E-state index < -0.39 is 17.5 Å². The molecule has 1 aromatic heterocycles. The third-order valence-electron chi connectivity index (χ3n) is 4.55. The molecular formula is C19H14BrClN4O3. The van der Waals surface area contributed by atoms with Crippen LogP contribution < -0.4 is 5.32 Å². The molecular weight excluding hydrogens is 448 g/mol. The molecule has 1 fully saturated rings. The van der Waals surface area contributed by atoms with Crippen molar-refractivity contribution in [3.63, 3.8) is 0 Å². The molecule has 28 heavy (non-hydrogen) atoms. The van der Waals surface area contributed by atoms with Gasteiger partial charge in [0.15, 0.2) is 0 Å². The number of carbonyl (C=O) groups is 2. The van der Waals surface area contributed by atoms with Crippen molar-refractivity contribution in [3.8, 4) is 11.5 Å². The zero-order valence-electron chi connectivity index (χ0n) is 14.6. The number of aromatic nitrogens is 2. The van der Waals surface area contributed by atoms with Crippen molar-refractivity contribution in [1.82, 2.24) is 20.4 Å². The van der Waals surface area contributed by atoms with E-state index in [9.17, 15) is 9.59 Å². The highest BCUT2D eigenvalue weighted by Crippen LogP contribution is 2.34. The summed E-state index contributed by atoms with van der Waals surface area (Å²) in [6, 6.07) is 13.7. The van der Waals surface area contributed by atoms with E-state index in [1.807, 2.05) is 24.3 Å². The average Bonchev–Trinajstić information content (AvgIpc) is 3.22. The molecule has 1 atom stereocenters. The zero-order valence-corrected chi connectivity index (χ0v) is 17.0. The Hall–Kier alpha value is -2.71. The largest absolute Gasteiger partial charge is 0.419 e. The number of nitrogens with one attached hydrogen (secondary N) is 1. The lowest BCUT2D eigenvalue weighted by Gasteiger charge is -2.23. The molecule has 2 aromatic carbocycles. The summed E-state index contributed by atoms with van der Waals surface area (Å²) in [7, 11) is 0. The minimum absolute atomic E-state index is 0.137. The molecule has 0 radical (unpaired) electrons. The van der Waals surface area contributed by atoms with E-state index >= 15 is 0 Å². The Bertz CT molecular complexity index is 1090. The number of benzene rings is 2. The Morgan fingerprint density at radius 2 is 1.86 bits per heavy atom. The van der Waals surface area contributed by atoms with Crippen LogP contribution in [0.25, 0.3) is 11.5 Å². The predicted molar refractivity (Wildman–Crippen MR) is 105 cm³/mol. The summed E-state index contributed by atoms with van der Waals surface area (Å²) in [4.78, 5) is 26.5. The number of carbonyl (C=O) groups excluding carboxylic acids is 2. The van der Waals surface area contributed by atoms with E-state index in [1.54, 1.807) is 31.2 Å². The van der Waals surface area contributed by atoms with Crippen LogP contribution in [-0.4, -0.2) is 27.0 Å². The van der Waals surface area contributed by atoms with Gasteiger partial charge in [-0.3, -0.25) is 9.69 Å². The molecule has 3 amide bonds. The van der Waals surface area contributed by atoms with Gasteiger partial charge in [0.05, 0.1) is 5.56 Å². The number of urea groups is 1. The molecule has 4 rings (SSSR count). The maximum atomic E-state index is 13.0. The molecule has 2 heterocycles. The Morgan fingerprint density at radius 1 is 1.14 bits per heavy atom. The van der Waals surface area contributed by atoms with E-state index in [0.29, 0.717) is 16.5 Å². The van der Waals surface area contributed by atoms with Gasteiger partial charge < -0.3 is 9.73 Å². The number of imide groups is 1. The average molecular weight is 462 g/mol. The van der Waals surface area contributed by atoms with Crippen molar-refractivity contribution in [2.24, 2.45) is 0 Å². The highest BCUT2D eigenvalue weighted by Gasteiger charge is 2.50. The van der Waals surface area contributed by atoms with Gasteiger partial charge in [0.2, 0.25) is 11.8 Å². The Balaban J connectivity index is 1.60. The first-order valence-electron chi connectivity index (χ1n) is 8.36. The van der Waals surface area contributed by atoms with Crippen LogP contribution in [0.2, 0.25) is 5.02 Å². The van der Waals surface area contributed by atoms with E-state index in [4.69, 9.17) is 16.0 Å². The summed E-state index contributed by atoms with van der Waals surface area (Å²) in [5.41, 5.74) is -0.0166. The standard InChI is InChI=1S/C19H14BrClN4O3/c1-19(12-7-3-5-9-14(12)21)17(26)25(18(27)22-19)10-15-23-24-16(28-15)11-6-2-4-8-13(11)20/h2-9H,10H2,1H3,(H,22,27). The SMILES string of the molecule is CC1(c2ccccc2Cl)NC(=O)N(Cc2nnc(-c3ccccc3Br)o2)C1=O. The highest BCUT2D eigenvalue weighted by atomic mass is 79.9. The van der Waals surface area contributed by atoms with Crippen LogP contribution in [0.4, 0.5) is 4.79 Å². The number of hydrogen-bond donors (Lipinski definition) is 1. The van der Waals surface area contributed by atoms with Crippen LogP contribution in [0.1, 0.15) is 18.4 Å². The van der Waals surface area contributed by atoms with Gasteiger partial charge in [-0.2, -0.15) is 0 Å². The second-order valence-electron chi connectivity index (χ2n) is 6.41. The van der Waals surface area contributed by atoms with Crippen molar-refractivity contribution >= 4 is 39.5 Å². The first kappa shape index (κ1) is 18.6. The molecule has 0 saturated carbocycles. The van der Waals surface area contributed by atoms with E-state index in [1.165, 1.54) is 0 Å². The van der Waals surface area contributed by atoms with Gasteiger partial charge in [0.25, 0.3) is 5.91 Å². The summed E-state index contributed by atoms with van der Waals surface area (Å²) >= 11 is 9.66. The van der Waals surface area contributed by atoms with Gasteiger partial charge in [0, 0.05) is 15.1 Å². The lowest BCUT2D eigenvalue weighted by Crippen LogP contribution is -2.41. The second kappa shape index (κ2) is 7.03. The molecule has 1 unspecified atom stereocenters.